The fourth-order valence-electron chi connectivity index (χ4n) is 14.7. The predicted molar refractivity (Wildman–Crippen MR) is 504 cm³/mol. The Kier molecular flexibility index (Phi) is 45.6. The molecule has 28 N–H and O–H groups in total. The van der Waals surface area contributed by atoms with Crippen LogP contribution in [0.15, 0.2) is 48.7 Å². The molecule has 0 saturated carbocycles. The summed E-state index contributed by atoms with van der Waals surface area (Å²) in [7, 11) is 0. The van der Waals surface area contributed by atoms with E-state index in [-0.39, 0.29) is 92.6 Å². The van der Waals surface area contributed by atoms with Crippen LogP contribution < -0.4 is 102 Å². The lowest BCUT2D eigenvalue weighted by Crippen LogP contribution is -2.66. The van der Waals surface area contributed by atoms with Crippen LogP contribution in [0.25, 0.3) is 10.9 Å². The number of aromatic amines is 1. The van der Waals surface area contributed by atoms with Crippen LogP contribution in [0.2, 0.25) is 0 Å². The number of hydrogen-bond acceptors (Lipinski definition) is 27. The number of primary amides is 1. The number of para-hydroxylation sites is 1. The highest BCUT2D eigenvalue weighted by molar-refractivity contribution is 7.99. The van der Waals surface area contributed by atoms with E-state index in [4.69, 9.17) is 22.6 Å². The molecule has 4 bridgehead atoms. The summed E-state index contributed by atoms with van der Waals surface area (Å²) in [4.78, 5) is 276. The topological polar surface area (TPSA) is 719 Å². The molecule has 4 heterocycles. The van der Waals surface area contributed by atoms with Gasteiger partial charge in [-0.1, -0.05) is 77.9 Å². The van der Waals surface area contributed by atoms with Gasteiger partial charge in [-0.25, -0.2) is 0 Å². The van der Waals surface area contributed by atoms with Crippen molar-refractivity contribution >= 4 is 176 Å². The number of aliphatic carboxylic acids is 2. The van der Waals surface area contributed by atoms with Crippen molar-refractivity contribution in [1.29, 1.82) is 5.41 Å². The summed E-state index contributed by atoms with van der Waals surface area (Å²) in [6, 6.07) is -10.0. The maximum atomic E-state index is 15.8. The number of carbonyl (C=O) groups excluding carboxylic acids is 17. The molecule has 6 rings (SSSR count). The van der Waals surface area contributed by atoms with Gasteiger partial charge in [-0.05, 0) is 130 Å². The SMILES string of the molecule is CSCC[C@@H]1NC(=O)[C@]2(C)CSCc3cc(cc(c3)CSC[C@H](NC(=O)[C@H](C)N)C(=O)N3CCC[C@H]3C(=O)N[C@@H](C(C)C)C(=O)N[C@@H](Cc3c[nH]c4ccccc34)C(=O)N[C@@H](CCCNC(=N)N)C(=O)N[C@@H]([C@@H](C)O)C(=O)N[C@@H](CC(C)C)C(=O)N2)CSC[C@@H](C(=O)NCC(N)=O)NC(=O)[C@H](C(C)C)NC(=O)CNC(=O)[C@H](CCC(=O)O)NC(=O)[C@H](CO)NC(=O)[C@H](CCC(=O)O)NC1=O. The van der Waals surface area contributed by atoms with E-state index >= 15 is 33.6 Å². The minimum atomic E-state index is -2.22. The van der Waals surface area contributed by atoms with E-state index in [9.17, 15) is 78.0 Å². The van der Waals surface area contributed by atoms with Crippen molar-refractivity contribution in [3.8, 4) is 0 Å². The largest absolute Gasteiger partial charge is 0.481 e. The summed E-state index contributed by atoms with van der Waals surface area (Å²) >= 11 is 4.50. The number of rotatable bonds is 26. The van der Waals surface area contributed by atoms with Gasteiger partial charge in [0.1, 0.15) is 84.1 Å². The minimum absolute atomic E-state index is 0.00142. The molecule has 0 unspecified atom stereocenters. The third-order valence-corrected chi connectivity index (χ3v) is 26.2. The van der Waals surface area contributed by atoms with Crippen molar-refractivity contribution in [1.82, 2.24) is 95.0 Å². The van der Waals surface area contributed by atoms with Crippen LogP contribution in [-0.4, -0.2) is 307 Å². The highest BCUT2D eigenvalue weighted by Gasteiger charge is 2.45. The molecule has 1 aromatic heterocycles. The van der Waals surface area contributed by atoms with Gasteiger partial charge in [-0.2, -0.15) is 47.0 Å². The number of thioether (sulfide) groups is 4. The van der Waals surface area contributed by atoms with E-state index in [0.717, 1.165) is 30.4 Å². The maximum absolute atomic E-state index is 15.8. The molecule has 49 heteroatoms. The van der Waals surface area contributed by atoms with Gasteiger partial charge in [0.15, 0.2) is 5.96 Å². The van der Waals surface area contributed by atoms with Crippen molar-refractivity contribution in [3.05, 3.63) is 70.9 Å². The molecule has 1 fully saturated rings. The number of guanidine groups is 1. The first kappa shape index (κ1) is 112. The molecule has 0 spiro atoms. The van der Waals surface area contributed by atoms with Crippen LogP contribution in [0.1, 0.15) is 149 Å². The predicted octanol–water partition coefficient (Wildman–Crippen LogP) is -4.64. The number of nitrogens with two attached hydrogens (primary N) is 3. The molecule has 0 aliphatic carbocycles. The van der Waals surface area contributed by atoms with E-state index in [1.165, 1.54) is 56.1 Å². The first-order valence-electron chi connectivity index (χ1n) is 44.3. The second-order valence-electron chi connectivity index (χ2n) is 34.6. The zero-order chi connectivity index (χ0) is 100. The number of amides is 17. The second-order valence-corrected chi connectivity index (χ2v) is 38.7. The number of carbonyl (C=O) groups is 19. The highest BCUT2D eigenvalue weighted by Crippen LogP contribution is 2.29. The van der Waals surface area contributed by atoms with Crippen molar-refractivity contribution in [2.75, 3.05) is 62.1 Å². The lowest BCUT2D eigenvalue weighted by molar-refractivity contribution is -0.142. The molecule has 746 valence electrons. The molecular weight excluding hydrogens is 1840 g/mol. The fraction of sp³-hybridized carbons (Fsp3) is 0.605. The lowest BCUT2D eigenvalue weighted by atomic mass is 9.98. The first-order valence-corrected chi connectivity index (χ1v) is 49.1. The van der Waals surface area contributed by atoms with Crippen LogP contribution in [-0.2, 0) is 115 Å². The Labute approximate surface area is 798 Å². The van der Waals surface area contributed by atoms with Crippen LogP contribution in [0.5, 0.6) is 0 Å². The summed E-state index contributed by atoms with van der Waals surface area (Å²) in [5.74, 6) is -23.2. The summed E-state index contributed by atoms with van der Waals surface area (Å²) in [6.45, 7) is 10.7. The van der Waals surface area contributed by atoms with Crippen LogP contribution >= 0.6 is 47.0 Å². The van der Waals surface area contributed by atoms with E-state index in [1.54, 1.807) is 82.6 Å². The number of hydrogen-bond donors (Lipinski definition) is 25. The van der Waals surface area contributed by atoms with Gasteiger partial charge >= 0.3 is 11.9 Å². The summed E-state index contributed by atoms with van der Waals surface area (Å²) in [5.41, 5.74) is 17.7. The number of nitrogens with zero attached hydrogens (tertiary/aromatic N) is 1. The molecule has 45 nitrogen and oxygen atoms in total. The maximum Gasteiger partial charge on any atom is 0.303 e. The Morgan fingerprint density at radius 1 is 0.600 bits per heavy atom. The number of fused-ring (bicyclic) bond motifs is 7. The Bertz CT molecular complexity index is 4740. The Balaban J connectivity index is 1.58. The molecule has 3 aromatic rings. The average molecular weight is 1970 g/mol. The van der Waals surface area contributed by atoms with Crippen molar-refractivity contribution in [3.63, 3.8) is 0 Å². The number of aromatic nitrogens is 1. The quantitative estimate of drug-likeness (QED) is 0.0204. The minimum Gasteiger partial charge on any atom is -0.481 e. The Morgan fingerprint density at radius 2 is 1.12 bits per heavy atom. The van der Waals surface area contributed by atoms with Gasteiger partial charge < -0.3 is 133 Å². The average Bonchev–Trinajstić information content (AvgIpc) is 0.888. The van der Waals surface area contributed by atoms with Gasteiger partial charge in [0, 0.05) is 84.0 Å². The van der Waals surface area contributed by atoms with E-state index in [0.29, 0.717) is 33.2 Å². The zero-order valence-electron chi connectivity index (χ0n) is 77.1. The Hall–Kier alpha value is -11.5. The molecule has 2 aromatic carbocycles. The van der Waals surface area contributed by atoms with Crippen molar-refractivity contribution in [2.45, 2.75) is 246 Å². The first-order chi connectivity index (χ1) is 63.7. The van der Waals surface area contributed by atoms with Crippen molar-refractivity contribution in [2.24, 2.45) is 35.0 Å². The van der Waals surface area contributed by atoms with Gasteiger partial charge in [0.25, 0.3) is 0 Å². The molecule has 16 atom stereocenters. The fourth-order valence-corrected chi connectivity index (χ4v) is 18.3. The standard InChI is InChI=1S/C86H130N22O23S4/c1-42(2)27-57-78(125)107-86(9)41-135-38-49-29-47(36-133-39-60(72(119)93-33-63(88)111)101-80(127)67(43(3)4)104-64(112)34-94-71(118)54(19-21-65(113)114)96-77(124)59(35-109)100-73(120)55(20-22-66(115)116)97-74(121)56(23-26-132-10)103-84(86)131)28-48(30-49)37-134-40-61(102-70(117)45(7)87)83(130)108-25-14-18-62(108)79(126)105-68(44(5)6)81(128)99-58(31-50-32-92-52-16-12-11-15-51(50)52)76(123)95-53(17-13-24-91-85(89)90)75(122)106-69(46(8)110)82(129)98-57/h11-12,15-16,28-30,32,42-46,53-62,67-69,92,109-110H,13-14,17-27,31,33-41,87H2,1-10H3,(H2,88,111)(H,93,119)(H,94,118)(H,95,123)(H,96,124)(H,97,121)(H,98,129)(H,99,128)(H,100,120)(H,101,127)(H,102,117)(H,103,131)(H,104,112)(H,105,126)(H,106,122)(H,107,125)(H,113,114)(H,115,116)(H4,89,90,91)/t45-,46+,53-,54-,55-,56-,57-,58-,59-,60-,61-,62-,67-,68-,69-,86-/m0/s1. The summed E-state index contributed by atoms with van der Waals surface area (Å²) in [6.07, 6.45) is -2.08. The second kappa shape index (κ2) is 54.9. The number of aliphatic hydroxyl groups excluding tert-OH is 2. The smallest absolute Gasteiger partial charge is 0.303 e. The van der Waals surface area contributed by atoms with E-state index in [2.05, 4.69) is 90.1 Å². The Morgan fingerprint density at radius 3 is 1.69 bits per heavy atom. The van der Waals surface area contributed by atoms with Gasteiger partial charge in [0.2, 0.25) is 100 Å². The number of benzene rings is 2. The molecule has 17 amide bonds. The summed E-state index contributed by atoms with van der Waals surface area (Å²) in [5, 5.41) is 91.2. The van der Waals surface area contributed by atoms with Crippen LogP contribution in [0, 0.1) is 23.2 Å². The number of carboxylic acid groups (broad SMARTS) is 2. The van der Waals surface area contributed by atoms with Gasteiger partial charge in [0.05, 0.1) is 31.8 Å². The highest BCUT2D eigenvalue weighted by atomic mass is 32.2. The molecule has 3 aliphatic heterocycles. The number of nitrogens with one attached hydrogen (secondary N) is 18. The third kappa shape index (κ3) is 36.2. The summed E-state index contributed by atoms with van der Waals surface area (Å²) < 4.78 is 0. The number of H-pyrrole nitrogens is 1. The van der Waals surface area contributed by atoms with Crippen LogP contribution in [0.3, 0.4) is 0 Å². The third-order valence-electron chi connectivity index (χ3n) is 22.0. The molecule has 1 saturated heterocycles. The molecule has 3 aliphatic rings. The van der Waals surface area contributed by atoms with Gasteiger partial charge in [-0.15, -0.1) is 0 Å². The molecule has 0 radical (unpaired) electrons. The number of carboxylic acids is 2. The molecular formula is C86H130N22O23S4. The monoisotopic (exact) mass is 1970 g/mol. The molecule has 135 heavy (non-hydrogen) atoms. The normalized spacial score (nSPS) is 25.3. The van der Waals surface area contributed by atoms with E-state index < -0.39 is 283 Å². The lowest BCUT2D eigenvalue weighted by Gasteiger charge is -2.34. The number of aliphatic hydroxyl groups is 2. The zero-order valence-corrected chi connectivity index (χ0v) is 80.4. The van der Waals surface area contributed by atoms with Gasteiger partial charge in [-0.3, -0.25) is 96.5 Å². The van der Waals surface area contributed by atoms with Crippen LogP contribution in [0.4, 0.5) is 0 Å². The van der Waals surface area contributed by atoms with Crippen molar-refractivity contribution < 1.29 is 112 Å². The van der Waals surface area contributed by atoms with E-state index in [1.807, 2.05) is 0 Å².